The van der Waals surface area contributed by atoms with E-state index in [1.54, 1.807) is 0 Å². The average molecular weight is 301 g/mol. The van der Waals surface area contributed by atoms with Crippen LogP contribution in [0.4, 0.5) is 0 Å². The van der Waals surface area contributed by atoms with Gasteiger partial charge in [-0.3, -0.25) is 0 Å². The van der Waals surface area contributed by atoms with Gasteiger partial charge >= 0.3 is 0 Å². The maximum Gasteiger partial charge on any atom is 0.144 e. The van der Waals surface area contributed by atoms with Crippen LogP contribution < -0.4 is 0 Å². The molecule has 0 atom stereocenters. The third-order valence-electron chi connectivity index (χ3n) is 3.23. The summed E-state index contributed by atoms with van der Waals surface area (Å²) in [6.07, 6.45) is 5.13. The molecule has 1 N–H and O–H groups in total. The number of hydrogen-bond donors (Lipinski definition) is 1. The zero-order valence-electron chi connectivity index (χ0n) is 9.72. The number of hydrogen-bond acceptors (Lipinski definition) is 2. The van der Waals surface area contributed by atoms with Crippen LogP contribution >= 0.6 is 28.1 Å². The summed E-state index contributed by atoms with van der Waals surface area (Å²) in [4.78, 5) is 7.98. The van der Waals surface area contributed by atoms with Gasteiger partial charge in [0.1, 0.15) is 10.5 Å². The van der Waals surface area contributed by atoms with E-state index >= 15 is 0 Å². The molecule has 0 amide bonds. The van der Waals surface area contributed by atoms with Crippen LogP contribution in [0.5, 0.6) is 0 Å². The number of aromatic amines is 1. The molecule has 16 heavy (non-hydrogen) atoms. The molecule has 1 saturated carbocycles. The van der Waals surface area contributed by atoms with E-state index in [-0.39, 0.29) is 0 Å². The molecule has 1 aliphatic carbocycles. The monoisotopic (exact) mass is 300 g/mol. The summed E-state index contributed by atoms with van der Waals surface area (Å²) in [5.74, 6) is 2.13. The van der Waals surface area contributed by atoms with E-state index < -0.39 is 0 Å². The first-order valence-electron chi connectivity index (χ1n) is 5.89. The Morgan fingerprint density at radius 2 is 2.00 bits per heavy atom. The minimum Gasteiger partial charge on any atom is -0.346 e. The lowest BCUT2D eigenvalue weighted by Crippen LogP contribution is -2.06. The smallest absolute Gasteiger partial charge is 0.144 e. The molecule has 4 heteroatoms. The molecule has 0 saturated heterocycles. The van der Waals surface area contributed by atoms with Crippen LogP contribution in [-0.2, 0) is 0 Å². The fourth-order valence-corrected chi connectivity index (χ4v) is 3.14. The maximum atomic E-state index is 5.30. The first-order valence-corrected chi connectivity index (χ1v) is 7.09. The van der Waals surface area contributed by atoms with Crippen LogP contribution in [0, 0.1) is 4.64 Å². The number of rotatable bonds is 2. The summed E-state index contributed by atoms with van der Waals surface area (Å²) in [6, 6.07) is 0. The third-order valence-corrected chi connectivity index (χ3v) is 4.59. The van der Waals surface area contributed by atoms with Gasteiger partial charge in [-0.25, -0.2) is 4.98 Å². The molecule has 0 bridgehead atoms. The number of nitrogens with zero attached hydrogens (tertiary/aromatic N) is 1. The van der Waals surface area contributed by atoms with Crippen molar-refractivity contribution in [2.75, 3.05) is 0 Å². The molecular formula is C12H17BrN2S. The van der Waals surface area contributed by atoms with E-state index in [9.17, 15) is 0 Å². The van der Waals surface area contributed by atoms with Crippen molar-refractivity contribution < 1.29 is 0 Å². The predicted octanol–water partition coefficient (Wildman–Crippen LogP) is 4.68. The molecule has 1 aliphatic rings. The van der Waals surface area contributed by atoms with Crippen molar-refractivity contribution in [1.29, 1.82) is 0 Å². The lowest BCUT2D eigenvalue weighted by atomic mass is 10.1. The van der Waals surface area contributed by atoms with E-state index in [0.717, 1.165) is 10.3 Å². The number of nitrogens with one attached hydrogen (secondary N) is 1. The van der Waals surface area contributed by atoms with E-state index in [4.69, 9.17) is 12.2 Å². The SMILES string of the molecule is CC(C)c1[nH]c(C2CCCC2)nc(=S)c1Br. The van der Waals surface area contributed by atoms with Gasteiger partial charge in [0, 0.05) is 11.6 Å². The average Bonchev–Trinajstić information content (AvgIpc) is 2.74. The zero-order chi connectivity index (χ0) is 11.7. The molecule has 1 aromatic rings. The highest BCUT2D eigenvalue weighted by Gasteiger charge is 2.20. The van der Waals surface area contributed by atoms with E-state index in [2.05, 4.69) is 39.7 Å². The Morgan fingerprint density at radius 3 is 2.56 bits per heavy atom. The molecule has 2 nitrogen and oxygen atoms in total. The van der Waals surface area contributed by atoms with Crippen LogP contribution in [0.1, 0.15) is 62.9 Å². The quantitative estimate of drug-likeness (QED) is 0.803. The van der Waals surface area contributed by atoms with Gasteiger partial charge in [0.2, 0.25) is 0 Å². The Balaban J connectivity index is 2.43. The fourth-order valence-electron chi connectivity index (χ4n) is 2.28. The third kappa shape index (κ3) is 2.38. The highest BCUT2D eigenvalue weighted by Crippen LogP contribution is 2.34. The van der Waals surface area contributed by atoms with Gasteiger partial charge in [-0.05, 0) is 34.7 Å². The largest absolute Gasteiger partial charge is 0.346 e. The summed E-state index contributed by atoms with van der Waals surface area (Å²) in [7, 11) is 0. The number of H-pyrrole nitrogens is 1. The molecule has 2 rings (SSSR count). The molecule has 88 valence electrons. The van der Waals surface area contributed by atoms with Gasteiger partial charge in [0.15, 0.2) is 0 Å². The van der Waals surface area contributed by atoms with Crippen molar-refractivity contribution in [3.63, 3.8) is 0 Å². The Morgan fingerprint density at radius 1 is 1.38 bits per heavy atom. The first kappa shape index (κ1) is 12.2. The molecule has 1 heterocycles. The Bertz CT molecular complexity index is 433. The summed E-state index contributed by atoms with van der Waals surface area (Å²) in [5, 5.41) is 0. The lowest BCUT2D eigenvalue weighted by molar-refractivity contribution is 0.648. The van der Waals surface area contributed by atoms with Gasteiger partial charge < -0.3 is 4.98 Å². The molecule has 0 unspecified atom stereocenters. The summed E-state index contributed by atoms with van der Waals surface area (Å²) in [5.41, 5.74) is 1.18. The van der Waals surface area contributed by atoms with Gasteiger partial charge in [-0.1, -0.05) is 38.9 Å². The molecule has 1 aromatic heterocycles. The van der Waals surface area contributed by atoms with Crippen LogP contribution in [0.3, 0.4) is 0 Å². The highest BCUT2D eigenvalue weighted by atomic mass is 79.9. The molecule has 0 spiro atoms. The van der Waals surface area contributed by atoms with Crippen molar-refractivity contribution in [3.05, 3.63) is 20.6 Å². The molecular weight excluding hydrogens is 284 g/mol. The van der Waals surface area contributed by atoms with Crippen molar-refractivity contribution >= 4 is 28.1 Å². The second-order valence-electron chi connectivity index (χ2n) is 4.79. The minimum absolute atomic E-state index is 0.444. The van der Waals surface area contributed by atoms with Gasteiger partial charge in [-0.15, -0.1) is 0 Å². The van der Waals surface area contributed by atoms with E-state index in [1.165, 1.54) is 31.4 Å². The van der Waals surface area contributed by atoms with Crippen LogP contribution in [0.2, 0.25) is 0 Å². The Kier molecular flexibility index (Phi) is 3.80. The van der Waals surface area contributed by atoms with Crippen LogP contribution in [0.15, 0.2) is 4.47 Å². The number of aromatic nitrogens is 2. The van der Waals surface area contributed by atoms with Gasteiger partial charge in [-0.2, -0.15) is 0 Å². The van der Waals surface area contributed by atoms with Crippen molar-refractivity contribution in [2.24, 2.45) is 0 Å². The lowest BCUT2D eigenvalue weighted by Gasteiger charge is -2.14. The van der Waals surface area contributed by atoms with Gasteiger partial charge in [0.05, 0.1) is 4.47 Å². The summed E-state index contributed by atoms with van der Waals surface area (Å²) >= 11 is 8.83. The normalized spacial score (nSPS) is 17.2. The summed E-state index contributed by atoms with van der Waals surface area (Å²) in [6.45, 7) is 4.34. The molecule has 0 aliphatic heterocycles. The Hall–Kier alpha value is -0.220. The second-order valence-corrected chi connectivity index (χ2v) is 5.97. The Labute approximate surface area is 110 Å². The first-order chi connectivity index (χ1) is 7.59. The minimum atomic E-state index is 0.444. The number of halogens is 1. The second kappa shape index (κ2) is 4.96. The van der Waals surface area contributed by atoms with Crippen molar-refractivity contribution in [1.82, 2.24) is 9.97 Å². The standard InChI is InChI=1S/C12H17BrN2S/c1-7(2)10-9(13)12(16)15-11(14-10)8-5-3-4-6-8/h7-8H,3-6H2,1-2H3,(H,14,15,16). The molecule has 0 aromatic carbocycles. The summed E-state index contributed by atoms with van der Waals surface area (Å²) < 4.78 is 1.66. The topological polar surface area (TPSA) is 28.7 Å². The maximum absolute atomic E-state index is 5.30. The van der Waals surface area contributed by atoms with Crippen molar-refractivity contribution in [2.45, 2.75) is 51.4 Å². The van der Waals surface area contributed by atoms with Crippen LogP contribution in [-0.4, -0.2) is 9.97 Å². The van der Waals surface area contributed by atoms with Gasteiger partial charge in [0.25, 0.3) is 0 Å². The van der Waals surface area contributed by atoms with E-state index in [1.807, 2.05) is 0 Å². The highest BCUT2D eigenvalue weighted by molar-refractivity contribution is 9.10. The van der Waals surface area contributed by atoms with E-state index in [0.29, 0.717) is 16.5 Å². The molecule has 0 radical (unpaired) electrons. The van der Waals surface area contributed by atoms with Crippen molar-refractivity contribution in [3.8, 4) is 0 Å². The predicted molar refractivity (Wildman–Crippen MR) is 72.4 cm³/mol. The van der Waals surface area contributed by atoms with Crippen LogP contribution in [0.25, 0.3) is 0 Å². The zero-order valence-corrected chi connectivity index (χ0v) is 12.1. The fraction of sp³-hybridized carbons (Fsp3) is 0.667. The molecule has 1 fully saturated rings.